The lowest BCUT2D eigenvalue weighted by Crippen LogP contribution is -2.29. The molecular formula is C13H15BrN2OS. The van der Waals surface area contributed by atoms with Crippen molar-refractivity contribution in [1.82, 2.24) is 5.43 Å². The summed E-state index contributed by atoms with van der Waals surface area (Å²) in [6.45, 7) is 2.04. The van der Waals surface area contributed by atoms with Gasteiger partial charge < -0.3 is 4.74 Å². The van der Waals surface area contributed by atoms with Crippen molar-refractivity contribution in [3.05, 3.63) is 50.1 Å². The van der Waals surface area contributed by atoms with E-state index in [-0.39, 0.29) is 6.04 Å². The molecule has 0 aliphatic heterocycles. The number of rotatable bonds is 4. The van der Waals surface area contributed by atoms with Gasteiger partial charge in [-0.25, -0.2) is 5.43 Å². The van der Waals surface area contributed by atoms with Gasteiger partial charge in [0.1, 0.15) is 5.75 Å². The van der Waals surface area contributed by atoms with Crippen LogP contribution < -0.4 is 16.0 Å². The van der Waals surface area contributed by atoms with E-state index in [4.69, 9.17) is 10.6 Å². The number of methoxy groups -OCH3 is 1. The number of ether oxygens (including phenoxy) is 1. The lowest BCUT2D eigenvalue weighted by Gasteiger charge is -2.19. The molecule has 18 heavy (non-hydrogen) atoms. The number of aryl methyl sites for hydroxylation is 1. The van der Waals surface area contributed by atoms with Crippen molar-refractivity contribution < 1.29 is 4.74 Å². The van der Waals surface area contributed by atoms with Gasteiger partial charge in [0, 0.05) is 15.4 Å². The van der Waals surface area contributed by atoms with Crippen LogP contribution in [0.5, 0.6) is 5.75 Å². The number of halogens is 1. The molecule has 5 heteroatoms. The van der Waals surface area contributed by atoms with E-state index in [0.29, 0.717) is 0 Å². The third-order valence-electron chi connectivity index (χ3n) is 2.82. The third kappa shape index (κ3) is 2.59. The highest BCUT2D eigenvalue weighted by Gasteiger charge is 2.19. The van der Waals surface area contributed by atoms with Crippen LogP contribution in [0, 0.1) is 6.92 Å². The van der Waals surface area contributed by atoms with Crippen LogP contribution in [0.15, 0.2) is 33.4 Å². The van der Waals surface area contributed by atoms with Gasteiger partial charge in [-0.3, -0.25) is 5.84 Å². The van der Waals surface area contributed by atoms with E-state index >= 15 is 0 Å². The summed E-state index contributed by atoms with van der Waals surface area (Å²) in [5, 5.41) is 4.12. The average Bonchev–Trinajstić information content (AvgIpc) is 2.78. The first-order chi connectivity index (χ1) is 8.67. The van der Waals surface area contributed by atoms with Crippen molar-refractivity contribution in [3.63, 3.8) is 0 Å². The molecule has 0 fully saturated rings. The van der Waals surface area contributed by atoms with E-state index in [9.17, 15) is 0 Å². The molecule has 1 unspecified atom stereocenters. The van der Waals surface area contributed by atoms with Crippen molar-refractivity contribution in [3.8, 4) is 5.75 Å². The van der Waals surface area contributed by atoms with Crippen LogP contribution in [0.2, 0.25) is 0 Å². The Bertz CT molecular complexity index is 542. The molecule has 1 aromatic heterocycles. The molecule has 0 bridgehead atoms. The van der Waals surface area contributed by atoms with Crippen LogP contribution >= 0.6 is 27.3 Å². The van der Waals surface area contributed by atoms with Gasteiger partial charge in [-0.2, -0.15) is 11.3 Å². The van der Waals surface area contributed by atoms with E-state index < -0.39 is 0 Å². The minimum absolute atomic E-state index is 0.0822. The minimum Gasteiger partial charge on any atom is -0.496 e. The Balaban J connectivity index is 2.48. The van der Waals surface area contributed by atoms with Crippen LogP contribution in [0.3, 0.4) is 0 Å². The van der Waals surface area contributed by atoms with E-state index in [1.807, 2.05) is 24.4 Å². The fourth-order valence-corrected chi connectivity index (χ4v) is 3.45. The Morgan fingerprint density at radius 1 is 1.33 bits per heavy atom. The second-order valence-corrected chi connectivity index (χ2v) is 5.62. The number of nitrogens with one attached hydrogen (secondary N) is 1. The van der Waals surface area contributed by atoms with Gasteiger partial charge in [0.2, 0.25) is 0 Å². The minimum atomic E-state index is -0.0822. The monoisotopic (exact) mass is 326 g/mol. The van der Waals surface area contributed by atoms with Crippen LogP contribution in [-0.2, 0) is 0 Å². The molecule has 0 saturated carbocycles. The molecule has 2 rings (SSSR count). The highest BCUT2D eigenvalue weighted by molar-refractivity contribution is 9.10. The van der Waals surface area contributed by atoms with Crippen molar-refractivity contribution in [1.29, 1.82) is 0 Å². The smallest absolute Gasteiger partial charge is 0.124 e. The maximum Gasteiger partial charge on any atom is 0.124 e. The van der Waals surface area contributed by atoms with E-state index in [2.05, 4.69) is 32.8 Å². The number of nitrogens with two attached hydrogens (primary N) is 1. The maximum atomic E-state index is 5.70. The first-order valence-electron chi connectivity index (χ1n) is 5.49. The summed E-state index contributed by atoms with van der Waals surface area (Å²) in [5.74, 6) is 6.55. The highest BCUT2D eigenvalue weighted by Crippen LogP contribution is 2.35. The number of benzene rings is 1. The normalized spacial score (nSPS) is 12.4. The Hall–Kier alpha value is -0.880. The quantitative estimate of drug-likeness (QED) is 0.668. The SMILES string of the molecule is COc1cc(C)ccc1C(NN)c1cscc1Br. The lowest BCUT2D eigenvalue weighted by atomic mass is 9.99. The van der Waals surface area contributed by atoms with Crippen molar-refractivity contribution >= 4 is 27.3 Å². The molecule has 0 saturated heterocycles. The molecule has 3 N–H and O–H groups in total. The zero-order valence-corrected chi connectivity index (χ0v) is 12.6. The second kappa shape index (κ2) is 5.84. The number of hydrazine groups is 1. The summed E-state index contributed by atoms with van der Waals surface area (Å²) < 4.78 is 6.49. The van der Waals surface area contributed by atoms with Crippen LogP contribution in [0.25, 0.3) is 0 Å². The van der Waals surface area contributed by atoms with Crippen molar-refractivity contribution in [2.24, 2.45) is 5.84 Å². The summed E-state index contributed by atoms with van der Waals surface area (Å²) in [7, 11) is 1.68. The van der Waals surface area contributed by atoms with Crippen LogP contribution in [-0.4, -0.2) is 7.11 Å². The molecule has 0 spiro atoms. The zero-order chi connectivity index (χ0) is 13.1. The number of thiophene rings is 1. The first-order valence-corrected chi connectivity index (χ1v) is 7.23. The summed E-state index contributed by atoms with van der Waals surface area (Å²) in [4.78, 5) is 0. The Kier molecular flexibility index (Phi) is 4.40. The van der Waals surface area contributed by atoms with Crippen LogP contribution in [0.4, 0.5) is 0 Å². The first kappa shape index (κ1) is 13.5. The molecule has 96 valence electrons. The van der Waals surface area contributed by atoms with E-state index in [1.165, 1.54) is 0 Å². The molecule has 3 nitrogen and oxygen atoms in total. The Labute approximate surface area is 119 Å². The number of hydrogen-bond acceptors (Lipinski definition) is 4. The lowest BCUT2D eigenvalue weighted by molar-refractivity contribution is 0.404. The highest BCUT2D eigenvalue weighted by atomic mass is 79.9. The molecule has 0 radical (unpaired) electrons. The van der Waals surface area contributed by atoms with Crippen molar-refractivity contribution in [2.75, 3.05) is 7.11 Å². The van der Waals surface area contributed by atoms with Gasteiger partial charge in [-0.1, -0.05) is 12.1 Å². The van der Waals surface area contributed by atoms with Crippen LogP contribution in [0.1, 0.15) is 22.7 Å². The summed E-state index contributed by atoms with van der Waals surface area (Å²) in [6.07, 6.45) is 0. The fourth-order valence-electron chi connectivity index (χ4n) is 1.90. The van der Waals surface area contributed by atoms with Crippen molar-refractivity contribution in [2.45, 2.75) is 13.0 Å². The zero-order valence-electron chi connectivity index (χ0n) is 10.2. The Morgan fingerprint density at radius 3 is 2.67 bits per heavy atom. The van der Waals surface area contributed by atoms with Gasteiger partial charge in [-0.15, -0.1) is 0 Å². The largest absolute Gasteiger partial charge is 0.496 e. The fraction of sp³-hybridized carbons (Fsp3) is 0.231. The maximum absolute atomic E-state index is 5.70. The van der Waals surface area contributed by atoms with Gasteiger partial charge in [0.25, 0.3) is 0 Å². The predicted octanol–water partition coefficient (Wildman–Crippen LogP) is 3.38. The van der Waals surface area contributed by atoms with E-state index in [1.54, 1.807) is 18.4 Å². The van der Waals surface area contributed by atoms with Gasteiger partial charge in [-0.05, 0) is 45.4 Å². The molecular weight excluding hydrogens is 312 g/mol. The third-order valence-corrected chi connectivity index (χ3v) is 4.57. The van der Waals surface area contributed by atoms with Gasteiger partial charge in [0.15, 0.2) is 0 Å². The molecule has 1 atom stereocenters. The second-order valence-electron chi connectivity index (χ2n) is 4.02. The summed E-state index contributed by atoms with van der Waals surface area (Å²) in [5.41, 5.74) is 6.16. The average molecular weight is 327 g/mol. The standard InChI is InChI=1S/C13H15BrN2OS/c1-8-3-4-9(12(5-8)17-2)13(16-15)10-6-18-7-11(10)14/h3-7,13,16H,15H2,1-2H3. The molecule has 1 aromatic carbocycles. The summed E-state index contributed by atoms with van der Waals surface area (Å²) in [6, 6.07) is 6.03. The van der Waals surface area contributed by atoms with Gasteiger partial charge >= 0.3 is 0 Å². The molecule has 0 aliphatic rings. The summed E-state index contributed by atoms with van der Waals surface area (Å²) >= 11 is 5.18. The molecule has 1 heterocycles. The van der Waals surface area contributed by atoms with E-state index in [0.717, 1.165) is 26.9 Å². The topological polar surface area (TPSA) is 47.3 Å². The molecule has 0 amide bonds. The number of hydrogen-bond donors (Lipinski definition) is 2. The Morgan fingerprint density at radius 2 is 2.11 bits per heavy atom. The molecule has 2 aromatic rings. The predicted molar refractivity (Wildman–Crippen MR) is 78.9 cm³/mol. The molecule has 0 aliphatic carbocycles. The van der Waals surface area contributed by atoms with Gasteiger partial charge in [0.05, 0.1) is 13.2 Å².